The maximum absolute atomic E-state index is 12.8. The number of nitrogens with zero attached hydrogens (tertiary/aromatic N) is 1. The minimum absolute atomic E-state index is 0.0320. The molecule has 1 fully saturated rings. The topological polar surface area (TPSA) is 67.9 Å². The first kappa shape index (κ1) is 20.3. The Balaban J connectivity index is 1.85. The lowest BCUT2D eigenvalue weighted by atomic mass is 10.3. The number of likely N-dealkylation sites (N-methyl/N-ethyl adjacent to an activating group) is 1. The van der Waals surface area contributed by atoms with Crippen LogP contribution >= 0.6 is 27.5 Å². The van der Waals surface area contributed by atoms with E-state index in [4.69, 9.17) is 21.1 Å². The van der Waals surface area contributed by atoms with Crippen molar-refractivity contribution in [2.75, 3.05) is 32.0 Å². The maximum Gasteiger partial charge on any atom is 0.265 e. The Labute approximate surface area is 172 Å². The highest BCUT2D eigenvalue weighted by atomic mass is 79.9. The third-order valence-electron chi connectivity index (χ3n) is 4.24. The van der Waals surface area contributed by atoms with Gasteiger partial charge >= 0.3 is 0 Å². The monoisotopic (exact) mass is 474 g/mol. The molecule has 0 spiro atoms. The second-order valence-electron chi connectivity index (χ2n) is 6.34. The number of ether oxygens (including phenoxy) is 2. The zero-order chi connectivity index (χ0) is 19.6. The molecule has 0 amide bonds. The molecule has 0 aliphatic carbocycles. The second-order valence-corrected chi connectivity index (χ2v) is 9.31. The van der Waals surface area contributed by atoms with E-state index in [1.807, 2.05) is 7.05 Å². The molecule has 9 heteroatoms. The number of sulfonamides is 1. The van der Waals surface area contributed by atoms with Crippen LogP contribution in [0, 0.1) is 0 Å². The predicted molar refractivity (Wildman–Crippen MR) is 109 cm³/mol. The van der Waals surface area contributed by atoms with E-state index in [2.05, 4.69) is 25.6 Å². The largest absolute Gasteiger partial charge is 0.495 e. The lowest BCUT2D eigenvalue weighted by Gasteiger charge is -2.17. The minimum Gasteiger partial charge on any atom is -0.495 e. The van der Waals surface area contributed by atoms with Crippen molar-refractivity contribution in [1.29, 1.82) is 0 Å². The number of rotatable bonds is 6. The number of methoxy groups -OCH3 is 1. The van der Waals surface area contributed by atoms with Crippen LogP contribution in [0.2, 0.25) is 5.02 Å². The molecule has 0 bridgehead atoms. The summed E-state index contributed by atoms with van der Waals surface area (Å²) < 4.78 is 40.0. The molecule has 1 heterocycles. The van der Waals surface area contributed by atoms with E-state index in [-0.39, 0.29) is 16.7 Å². The first-order valence-electron chi connectivity index (χ1n) is 8.29. The van der Waals surface area contributed by atoms with Gasteiger partial charge in [0.05, 0.1) is 17.8 Å². The van der Waals surface area contributed by atoms with E-state index in [0.717, 1.165) is 19.5 Å². The number of nitrogens with one attached hydrogen (secondary N) is 1. The molecule has 1 atom stereocenters. The third kappa shape index (κ3) is 4.87. The van der Waals surface area contributed by atoms with E-state index < -0.39 is 10.0 Å². The molecular weight excluding hydrogens is 456 g/mol. The summed E-state index contributed by atoms with van der Waals surface area (Å²) in [6.45, 7) is 1.76. The van der Waals surface area contributed by atoms with E-state index in [1.54, 1.807) is 30.3 Å². The van der Waals surface area contributed by atoms with Crippen LogP contribution in [-0.2, 0) is 10.0 Å². The molecule has 3 rings (SSSR count). The summed E-state index contributed by atoms with van der Waals surface area (Å²) in [5.74, 6) is 0.712. The highest BCUT2D eigenvalue weighted by Gasteiger charge is 2.23. The van der Waals surface area contributed by atoms with Crippen LogP contribution in [0.3, 0.4) is 0 Å². The van der Waals surface area contributed by atoms with Crippen LogP contribution < -0.4 is 14.2 Å². The van der Waals surface area contributed by atoms with Gasteiger partial charge in [0.2, 0.25) is 0 Å². The second kappa shape index (κ2) is 8.26. The molecular formula is C18H20BrClN2O4S. The summed E-state index contributed by atoms with van der Waals surface area (Å²) in [7, 11) is -0.402. The lowest BCUT2D eigenvalue weighted by molar-refractivity contribution is 0.208. The average Bonchev–Trinajstić information content (AvgIpc) is 3.02. The zero-order valence-electron chi connectivity index (χ0n) is 14.9. The van der Waals surface area contributed by atoms with Crippen LogP contribution in [0.25, 0.3) is 0 Å². The van der Waals surface area contributed by atoms with E-state index in [9.17, 15) is 8.42 Å². The van der Waals surface area contributed by atoms with Crippen molar-refractivity contribution in [3.05, 3.63) is 45.9 Å². The number of hydrogen-bond donors (Lipinski definition) is 1. The van der Waals surface area contributed by atoms with Gasteiger partial charge in [-0.1, -0.05) is 27.5 Å². The number of likely N-dealkylation sites (tertiary alicyclic amines) is 1. The van der Waals surface area contributed by atoms with Crippen LogP contribution in [0.5, 0.6) is 11.5 Å². The minimum atomic E-state index is -3.86. The molecule has 27 heavy (non-hydrogen) atoms. The Morgan fingerprint density at radius 3 is 2.67 bits per heavy atom. The summed E-state index contributed by atoms with van der Waals surface area (Å²) in [6.07, 6.45) is 0.933. The van der Waals surface area contributed by atoms with Crippen molar-refractivity contribution in [2.24, 2.45) is 0 Å². The van der Waals surface area contributed by atoms with Crippen LogP contribution in [0.1, 0.15) is 6.42 Å². The van der Waals surface area contributed by atoms with Crippen molar-refractivity contribution in [3.63, 3.8) is 0 Å². The molecule has 2 aromatic rings. The Hall–Kier alpha value is -1.48. The molecule has 2 aromatic carbocycles. The molecule has 146 valence electrons. The van der Waals surface area contributed by atoms with Crippen molar-refractivity contribution in [1.82, 2.24) is 4.90 Å². The van der Waals surface area contributed by atoms with Gasteiger partial charge in [0, 0.05) is 23.6 Å². The van der Waals surface area contributed by atoms with Gasteiger partial charge in [0.25, 0.3) is 10.0 Å². The standard InChI is InChI=1S/C18H20BrClN2O4S/c1-22-8-7-14(11-22)26-17-10-13(4-5-15(17)20)21-27(23,24)18-9-12(19)3-6-16(18)25-2/h3-6,9-10,14,21H,7-8,11H2,1-2H3/t14-/m1/s1. The quantitative estimate of drug-likeness (QED) is 0.684. The molecule has 1 saturated heterocycles. The highest BCUT2D eigenvalue weighted by molar-refractivity contribution is 9.10. The van der Waals surface area contributed by atoms with Gasteiger partial charge in [0.15, 0.2) is 0 Å². The van der Waals surface area contributed by atoms with Crippen molar-refractivity contribution in [3.8, 4) is 11.5 Å². The Bertz CT molecular complexity index is 939. The molecule has 0 aromatic heterocycles. The SMILES string of the molecule is COc1ccc(Br)cc1S(=O)(=O)Nc1ccc(Cl)c(O[C@@H]2CCN(C)C2)c1. The average molecular weight is 476 g/mol. The Morgan fingerprint density at radius 1 is 1.22 bits per heavy atom. The molecule has 1 aliphatic rings. The van der Waals surface area contributed by atoms with Gasteiger partial charge in [-0.15, -0.1) is 0 Å². The summed E-state index contributed by atoms with van der Waals surface area (Å²) in [5, 5.41) is 0.438. The van der Waals surface area contributed by atoms with Gasteiger partial charge in [-0.25, -0.2) is 8.42 Å². The van der Waals surface area contributed by atoms with Gasteiger partial charge in [-0.05, 0) is 43.8 Å². The normalized spacial score (nSPS) is 17.7. The molecule has 1 aliphatic heterocycles. The van der Waals surface area contributed by atoms with Crippen LogP contribution in [0.15, 0.2) is 45.8 Å². The number of hydrogen-bond acceptors (Lipinski definition) is 5. The van der Waals surface area contributed by atoms with Gasteiger partial charge in [-0.3, -0.25) is 4.72 Å². The van der Waals surface area contributed by atoms with Crippen molar-refractivity contribution >= 4 is 43.2 Å². The lowest BCUT2D eigenvalue weighted by Crippen LogP contribution is -2.21. The molecule has 1 N–H and O–H groups in total. The third-order valence-corrected chi connectivity index (χ3v) is 6.45. The Morgan fingerprint density at radius 2 is 2.00 bits per heavy atom. The maximum atomic E-state index is 12.8. The fraction of sp³-hybridized carbons (Fsp3) is 0.333. The summed E-state index contributed by atoms with van der Waals surface area (Å²) in [4.78, 5) is 2.21. The Kier molecular flexibility index (Phi) is 6.20. The highest BCUT2D eigenvalue weighted by Crippen LogP contribution is 2.33. The molecule has 0 radical (unpaired) electrons. The summed E-state index contributed by atoms with van der Waals surface area (Å²) >= 11 is 9.51. The van der Waals surface area contributed by atoms with Gasteiger partial charge < -0.3 is 14.4 Å². The smallest absolute Gasteiger partial charge is 0.265 e. The molecule has 0 unspecified atom stereocenters. The first-order chi connectivity index (χ1) is 12.8. The van der Waals surface area contributed by atoms with Crippen molar-refractivity contribution in [2.45, 2.75) is 17.4 Å². The zero-order valence-corrected chi connectivity index (χ0v) is 18.1. The molecule has 0 saturated carbocycles. The number of anilines is 1. The summed E-state index contributed by atoms with van der Waals surface area (Å²) in [6, 6.07) is 9.60. The first-order valence-corrected chi connectivity index (χ1v) is 10.9. The van der Waals surface area contributed by atoms with Crippen LogP contribution in [-0.4, -0.2) is 46.7 Å². The van der Waals surface area contributed by atoms with E-state index in [1.165, 1.54) is 13.2 Å². The van der Waals surface area contributed by atoms with Crippen LogP contribution in [0.4, 0.5) is 5.69 Å². The number of halogens is 2. The summed E-state index contributed by atoms with van der Waals surface area (Å²) in [5.41, 5.74) is 0.364. The number of benzene rings is 2. The fourth-order valence-corrected chi connectivity index (χ4v) is 4.82. The van der Waals surface area contributed by atoms with Crippen molar-refractivity contribution < 1.29 is 17.9 Å². The van der Waals surface area contributed by atoms with Gasteiger partial charge in [-0.2, -0.15) is 0 Å². The fourth-order valence-electron chi connectivity index (χ4n) is 2.90. The molecule has 6 nitrogen and oxygen atoms in total. The van der Waals surface area contributed by atoms with Gasteiger partial charge in [0.1, 0.15) is 22.5 Å². The predicted octanol–water partition coefficient (Wildman–Crippen LogP) is 3.99. The van der Waals surface area contributed by atoms with E-state index in [0.29, 0.717) is 20.9 Å². The van der Waals surface area contributed by atoms with E-state index >= 15 is 0 Å².